The van der Waals surface area contributed by atoms with Gasteiger partial charge in [0.2, 0.25) is 5.76 Å². The van der Waals surface area contributed by atoms with Crippen LogP contribution in [0.3, 0.4) is 0 Å². The molecule has 6 heteroatoms. The van der Waals surface area contributed by atoms with E-state index in [-0.39, 0.29) is 17.5 Å². The molecule has 1 aliphatic rings. The van der Waals surface area contributed by atoms with Crippen LogP contribution < -0.4 is 0 Å². The number of hydrogen-bond acceptors (Lipinski definition) is 4. The molecule has 3 aromatic rings. The van der Waals surface area contributed by atoms with E-state index in [1.165, 1.54) is 17.7 Å². The van der Waals surface area contributed by atoms with Crippen LogP contribution in [0.25, 0.3) is 6.08 Å². The van der Waals surface area contributed by atoms with Crippen LogP contribution in [0, 0.1) is 5.82 Å². The molecule has 0 spiro atoms. The van der Waals surface area contributed by atoms with Crippen LogP contribution in [0.4, 0.5) is 4.39 Å². The maximum Gasteiger partial charge on any atom is 0.292 e. The van der Waals surface area contributed by atoms with Crippen molar-refractivity contribution < 1.29 is 13.7 Å². The Labute approximate surface area is 175 Å². The number of hydrogen-bond donors (Lipinski definition) is 0. The SMILES string of the molecule is O=C(c1cc(Cc2ccc(F)cc2)no1)N1CCN(C/C=C/c2ccccc2)CC1. The predicted molar refractivity (Wildman–Crippen MR) is 114 cm³/mol. The molecule has 4 rings (SSSR count). The lowest BCUT2D eigenvalue weighted by molar-refractivity contribution is 0.0609. The fourth-order valence-electron chi connectivity index (χ4n) is 3.50. The minimum Gasteiger partial charge on any atom is -0.351 e. The summed E-state index contributed by atoms with van der Waals surface area (Å²) >= 11 is 0. The summed E-state index contributed by atoms with van der Waals surface area (Å²) in [5.41, 5.74) is 2.77. The quantitative estimate of drug-likeness (QED) is 0.625. The molecule has 30 heavy (non-hydrogen) atoms. The second-order valence-electron chi connectivity index (χ2n) is 7.39. The Morgan fingerprint density at radius 3 is 2.50 bits per heavy atom. The normalized spacial score (nSPS) is 15.0. The van der Waals surface area contributed by atoms with Gasteiger partial charge in [-0.25, -0.2) is 4.39 Å². The third kappa shape index (κ3) is 5.21. The molecule has 0 unspecified atom stereocenters. The number of piperazine rings is 1. The van der Waals surface area contributed by atoms with Gasteiger partial charge in [-0.1, -0.05) is 59.8 Å². The molecule has 154 valence electrons. The Kier molecular flexibility index (Phi) is 6.35. The highest BCUT2D eigenvalue weighted by Crippen LogP contribution is 2.14. The zero-order chi connectivity index (χ0) is 20.8. The number of carbonyl (C=O) groups is 1. The van der Waals surface area contributed by atoms with Crippen molar-refractivity contribution in [3.05, 3.63) is 95.1 Å². The van der Waals surface area contributed by atoms with Crippen LogP contribution in [0.2, 0.25) is 0 Å². The summed E-state index contributed by atoms with van der Waals surface area (Å²) in [5, 5.41) is 4.00. The molecule has 0 N–H and O–H groups in total. The largest absolute Gasteiger partial charge is 0.351 e. The van der Waals surface area contributed by atoms with Crippen molar-refractivity contribution in [2.24, 2.45) is 0 Å². The smallest absolute Gasteiger partial charge is 0.292 e. The highest BCUT2D eigenvalue weighted by atomic mass is 19.1. The van der Waals surface area contributed by atoms with E-state index in [1.54, 1.807) is 23.1 Å². The minimum absolute atomic E-state index is 0.132. The Morgan fingerprint density at radius 2 is 1.77 bits per heavy atom. The maximum absolute atomic E-state index is 13.0. The fraction of sp³-hybridized carbons (Fsp3) is 0.250. The van der Waals surface area contributed by atoms with E-state index in [9.17, 15) is 9.18 Å². The van der Waals surface area contributed by atoms with Crippen LogP contribution in [0.1, 0.15) is 27.4 Å². The third-order valence-electron chi connectivity index (χ3n) is 5.20. The zero-order valence-corrected chi connectivity index (χ0v) is 16.7. The summed E-state index contributed by atoms with van der Waals surface area (Å²) in [6.45, 7) is 3.82. The van der Waals surface area contributed by atoms with Crippen molar-refractivity contribution in [3.8, 4) is 0 Å². The molecule has 0 atom stereocenters. The summed E-state index contributed by atoms with van der Waals surface area (Å²) in [7, 11) is 0. The van der Waals surface area contributed by atoms with Gasteiger partial charge in [-0.2, -0.15) is 0 Å². The number of aromatic nitrogens is 1. The molecule has 0 bridgehead atoms. The van der Waals surface area contributed by atoms with E-state index in [0.29, 0.717) is 25.2 Å². The summed E-state index contributed by atoms with van der Waals surface area (Å²) in [4.78, 5) is 16.9. The van der Waals surface area contributed by atoms with Crippen molar-refractivity contribution in [3.63, 3.8) is 0 Å². The van der Waals surface area contributed by atoms with Gasteiger partial charge in [-0.3, -0.25) is 9.69 Å². The lowest BCUT2D eigenvalue weighted by Crippen LogP contribution is -2.48. The average Bonchev–Trinajstić information content (AvgIpc) is 3.25. The predicted octanol–water partition coefficient (Wildman–Crippen LogP) is 3.88. The van der Waals surface area contributed by atoms with Crippen LogP contribution in [-0.2, 0) is 6.42 Å². The first kappa shape index (κ1) is 20.0. The summed E-state index contributed by atoms with van der Waals surface area (Å²) in [6, 6.07) is 18.1. The van der Waals surface area contributed by atoms with E-state index in [0.717, 1.165) is 25.2 Å². The van der Waals surface area contributed by atoms with Crippen molar-refractivity contribution in [1.82, 2.24) is 15.0 Å². The molecule has 2 heterocycles. The molecule has 0 saturated carbocycles. The van der Waals surface area contributed by atoms with Gasteiger partial charge in [-0.15, -0.1) is 0 Å². The molecule has 1 aromatic heterocycles. The van der Waals surface area contributed by atoms with Crippen LogP contribution in [0.15, 0.2) is 71.3 Å². The maximum atomic E-state index is 13.0. The lowest BCUT2D eigenvalue weighted by Gasteiger charge is -2.33. The molecule has 1 aliphatic heterocycles. The number of halogens is 1. The van der Waals surface area contributed by atoms with Gasteiger partial charge in [0, 0.05) is 45.2 Å². The number of carbonyl (C=O) groups excluding carboxylic acids is 1. The van der Waals surface area contributed by atoms with E-state index in [1.807, 2.05) is 18.2 Å². The van der Waals surface area contributed by atoms with Gasteiger partial charge in [0.05, 0.1) is 5.69 Å². The minimum atomic E-state index is -0.274. The number of nitrogens with zero attached hydrogens (tertiary/aromatic N) is 3. The molecular formula is C24H24FN3O2. The fourth-order valence-corrected chi connectivity index (χ4v) is 3.50. The van der Waals surface area contributed by atoms with E-state index in [2.05, 4.69) is 34.3 Å². The van der Waals surface area contributed by atoms with Crippen molar-refractivity contribution in [1.29, 1.82) is 0 Å². The van der Waals surface area contributed by atoms with Crippen LogP contribution >= 0.6 is 0 Å². The monoisotopic (exact) mass is 405 g/mol. The average molecular weight is 405 g/mol. The van der Waals surface area contributed by atoms with E-state index >= 15 is 0 Å². The molecule has 2 aromatic carbocycles. The summed E-state index contributed by atoms with van der Waals surface area (Å²) in [5.74, 6) is -0.152. The van der Waals surface area contributed by atoms with Crippen LogP contribution in [-0.4, -0.2) is 53.6 Å². The molecule has 1 amide bonds. The van der Waals surface area contributed by atoms with E-state index in [4.69, 9.17) is 4.52 Å². The van der Waals surface area contributed by atoms with Gasteiger partial charge in [-0.05, 0) is 23.3 Å². The summed E-state index contributed by atoms with van der Waals surface area (Å²) < 4.78 is 18.3. The second kappa shape index (κ2) is 9.50. The van der Waals surface area contributed by atoms with Crippen molar-refractivity contribution in [2.45, 2.75) is 6.42 Å². The number of benzene rings is 2. The first-order valence-corrected chi connectivity index (χ1v) is 10.1. The number of rotatable bonds is 6. The highest BCUT2D eigenvalue weighted by Gasteiger charge is 2.24. The Hall–Kier alpha value is -3.25. The topological polar surface area (TPSA) is 49.6 Å². The zero-order valence-electron chi connectivity index (χ0n) is 16.7. The van der Waals surface area contributed by atoms with E-state index < -0.39 is 0 Å². The third-order valence-corrected chi connectivity index (χ3v) is 5.20. The van der Waals surface area contributed by atoms with Gasteiger partial charge in [0.15, 0.2) is 0 Å². The molecule has 1 saturated heterocycles. The Bertz CT molecular complexity index is 991. The Morgan fingerprint density at radius 1 is 1.03 bits per heavy atom. The molecule has 0 radical (unpaired) electrons. The van der Waals surface area contributed by atoms with Gasteiger partial charge in [0.1, 0.15) is 5.82 Å². The summed E-state index contributed by atoms with van der Waals surface area (Å²) in [6.07, 6.45) is 4.78. The molecule has 1 fully saturated rings. The van der Waals surface area contributed by atoms with Crippen LogP contribution in [0.5, 0.6) is 0 Å². The first-order chi connectivity index (χ1) is 14.7. The molecule has 0 aliphatic carbocycles. The molecular weight excluding hydrogens is 381 g/mol. The lowest BCUT2D eigenvalue weighted by atomic mass is 10.1. The van der Waals surface area contributed by atoms with Gasteiger partial charge < -0.3 is 9.42 Å². The van der Waals surface area contributed by atoms with Crippen molar-refractivity contribution in [2.75, 3.05) is 32.7 Å². The van der Waals surface area contributed by atoms with Gasteiger partial charge in [0.25, 0.3) is 5.91 Å². The first-order valence-electron chi connectivity index (χ1n) is 10.1. The standard InChI is InChI=1S/C24H24FN3O2/c25-21-10-8-20(9-11-21)17-22-18-23(30-26-22)24(29)28-15-13-27(14-16-28)12-4-7-19-5-2-1-3-6-19/h1-11,18H,12-17H2/b7-4+. The highest BCUT2D eigenvalue weighted by molar-refractivity contribution is 5.91. The second-order valence-corrected chi connectivity index (χ2v) is 7.39. The Balaban J connectivity index is 1.26. The molecule has 5 nitrogen and oxygen atoms in total. The van der Waals surface area contributed by atoms with Crippen molar-refractivity contribution >= 4 is 12.0 Å². The number of amides is 1. The van der Waals surface area contributed by atoms with Gasteiger partial charge >= 0.3 is 0 Å².